The summed E-state index contributed by atoms with van der Waals surface area (Å²) in [7, 11) is -3.67. The van der Waals surface area contributed by atoms with Crippen molar-refractivity contribution in [3.8, 4) is 0 Å². The molecule has 0 aromatic rings. The van der Waals surface area contributed by atoms with Crippen molar-refractivity contribution >= 4 is 62.6 Å². The van der Waals surface area contributed by atoms with E-state index >= 15 is 0 Å². The molecule has 1 heterocycles. The summed E-state index contributed by atoms with van der Waals surface area (Å²) >= 11 is 0.869. The van der Waals surface area contributed by atoms with Crippen molar-refractivity contribution in [3.63, 3.8) is 0 Å². The molecule has 20 heavy (non-hydrogen) atoms. The van der Waals surface area contributed by atoms with Crippen LogP contribution in [0.2, 0.25) is 0 Å². The van der Waals surface area contributed by atoms with Gasteiger partial charge < -0.3 is 0 Å². The quantitative estimate of drug-likeness (QED) is 0.692. The fourth-order valence-corrected chi connectivity index (χ4v) is 2.78. The van der Waals surface area contributed by atoms with Gasteiger partial charge in [0.2, 0.25) is 0 Å². The van der Waals surface area contributed by atoms with E-state index in [-0.39, 0.29) is 11.7 Å². The van der Waals surface area contributed by atoms with E-state index in [1.165, 1.54) is 0.639 Å². The van der Waals surface area contributed by atoms with E-state index < -0.39 is 7.54 Å². The normalized spacial score (nSPS) is 16.9. The Morgan fingerprint density at radius 2 is 1.75 bits per heavy atom. The minimum atomic E-state index is -3.67. The molecule has 0 saturated carbocycles. The molecule has 0 radical (unpaired) electrons. The molecule has 112 valence electrons. The van der Waals surface area contributed by atoms with Crippen LogP contribution in [0.4, 0.5) is 17.7 Å². The maximum atomic E-state index is 11.9. The standard InChI is InChI=1S/C11H21N2O2.BF3.K/c1-11(2,3)15-10(14)13-7-5-6-12(4)8-9-13;2-1(3)4;/h4-9H2,1-3H3;;. The molecule has 4 nitrogen and oxygen atoms in total. The average molecular weight is 320 g/mol. The fraction of sp³-hybridized carbons (Fsp3) is 0.909. The van der Waals surface area contributed by atoms with Crippen molar-refractivity contribution in [2.24, 2.45) is 0 Å². The third-order valence-corrected chi connectivity index (χ3v) is 4.08. The molecule has 0 N–H and O–H groups in total. The molecule has 9 heteroatoms. The number of nitrogens with zero attached hydrogens (tertiary/aromatic N) is 2. The predicted molar refractivity (Wildman–Crippen MR) is 73.7 cm³/mol. The van der Waals surface area contributed by atoms with Crippen LogP contribution in [-0.4, -0.2) is 105 Å². The van der Waals surface area contributed by atoms with Gasteiger partial charge in [-0.2, -0.15) is 0 Å². The van der Waals surface area contributed by atoms with Gasteiger partial charge in [-0.25, -0.2) is 0 Å². The number of carbonyl (C=O) groups excluding carboxylic acids is 1. The van der Waals surface area contributed by atoms with Crippen molar-refractivity contribution in [1.82, 2.24) is 9.80 Å². The third-order valence-electron chi connectivity index (χ3n) is 2.69. The Labute approximate surface area is 153 Å². The molecule has 0 bridgehead atoms. The zero-order valence-corrected chi connectivity index (χ0v) is 15.8. The molecule has 1 rings (SSSR count). The second-order valence-corrected chi connectivity index (χ2v) is 6.49. The smallest absolute Gasteiger partial charge is 0.254 e. The second-order valence-electron chi connectivity index (χ2n) is 5.50. The van der Waals surface area contributed by atoms with Gasteiger partial charge in [0.1, 0.15) is 0 Å². The number of halogens is 3. The van der Waals surface area contributed by atoms with Crippen LogP contribution in [0.15, 0.2) is 0 Å². The van der Waals surface area contributed by atoms with Crippen LogP contribution in [0.3, 0.4) is 0 Å². The third kappa shape index (κ3) is 11.4. The molecule has 0 unspecified atom stereocenters. The van der Waals surface area contributed by atoms with Gasteiger partial charge in [-0.05, 0) is 0 Å². The SMILES string of the molecule is CC(C)(C)OC(=O)N1CCCN([CH2][K])CC1.FB(F)F. The first kappa shape index (κ1) is 20.7. The van der Waals surface area contributed by atoms with E-state index in [1.807, 2.05) is 25.7 Å². The van der Waals surface area contributed by atoms with Crippen LogP contribution >= 0.6 is 0 Å². The molecule has 1 amide bonds. The molecule has 0 aromatic heterocycles. The summed E-state index contributed by atoms with van der Waals surface area (Å²) in [4.78, 5) is 16.1. The first-order valence-corrected chi connectivity index (χ1v) is 8.99. The topological polar surface area (TPSA) is 32.8 Å². The average Bonchev–Trinajstić information content (AvgIpc) is 2.50. The monoisotopic (exact) mass is 320 g/mol. The van der Waals surface area contributed by atoms with Crippen LogP contribution in [0, 0.1) is 0 Å². The first-order valence-electron chi connectivity index (χ1n) is 6.78. The molecule has 0 aromatic carbocycles. The van der Waals surface area contributed by atoms with Gasteiger partial charge >= 0.3 is 142 Å². The van der Waals surface area contributed by atoms with E-state index in [9.17, 15) is 17.7 Å². The number of hydrogen-bond donors (Lipinski definition) is 0. The number of ether oxygens (including phenoxy) is 1. The first-order chi connectivity index (χ1) is 9.15. The summed E-state index contributed by atoms with van der Waals surface area (Å²) in [6, 6.07) is 0. The second kappa shape index (κ2) is 10.4. The molecule has 0 aliphatic carbocycles. The van der Waals surface area contributed by atoms with Crippen LogP contribution in [0.1, 0.15) is 27.2 Å². The molecular formula is C11H21BF3KN2O2. The minimum absolute atomic E-state index is 0.160. The number of hydrogen-bond acceptors (Lipinski definition) is 3. The fourth-order valence-electron chi connectivity index (χ4n) is 1.80. The summed E-state index contributed by atoms with van der Waals surface area (Å²) in [5.41, 5.74) is -0.386. The van der Waals surface area contributed by atoms with Gasteiger partial charge in [-0.1, -0.05) is 0 Å². The largest absolute Gasteiger partial charge is 0.762 e. The van der Waals surface area contributed by atoms with E-state index in [1.54, 1.807) is 0 Å². The van der Waals surface area contributed by atoms with E-state index in [2.05, 4.69) is 4.90 Å². The number of amides is 1. The van der Waals surface area contributed by atoms with E-state index in [0.29, 0.717) is 0 Å². The number of rotatable bonds is 1. The van der Waals surface area contributed by atoms with E-state index in [0.717, 1.165) is 81.6 Å². The Bertz CT molecular complexity index is 291. The summed E-state index contributed by atoms with van der Waals surface area (Å²) in [6.45, 7) is 9.50. The maximum absolute atomic E-state index is 11.9. The van der Waals surface area contributed by atoms with Gasteiger partial charge in [-0.3, -0.25) is 12.9 Å². The molecule has 1 fully saturated rings. The Balaban J connectivity index is 0.000000796. The summed E-state index contributed by atoms with van der Waals surface area (Å²) in [5.74, 6) is 0. The molecular weight excluding hydrogens is 299 g/mol. The van der Waals surface area contributed by atoms with Gasteiger partial charge in [0.25, 0.3) is 0 Å². The summed E-state index contributed by atoms with van der Waals surface area (Å²) < 4.78 is 35.6. The zero-order valence-electron chi connectivity index (χ0n) is 12.7. The van der Waals surface area contributed by atoms with Crippen molar-refractivity contribution in [1.29, 1.82) is 0 Å². The van der Waals surface area contributed by atoms with Gasteiger partial charge in [0.15, 0.2) is 0 Å². The van der Waals surface area contributed by atoms with Crippen molar-refractivity contribution in [3.05, 3.63) is 0 Å². The van der Waals surface area contributed by atoms with E-state index in [4.69, 9.17) is 4.74 Å². The molecule has 1 aliphatic rings. The van der Waals surface area contributed by atoms with Crippen molar-refractivity contribution in [2.45, 2.75) is 32.8 Å². The molecule has 0 atom stereocenters. The van der Waals surface area contributed by atoms with Crippen LogP contribution in [0.5, 0.6) is 0 Å². The summed E-state index contributed by atoms with van der Waals surface area (Å²) in [6.07, 6.45) is 0.905. The number of carbonyl (C=O) groups is 1. The van der Waals surface area contributed by atoms with Crippen molar-refractivity contribution < 1.29 is 22.5 Å². The summed E-state index contributed by atoms with van der Waals surface area (Å²) in [5, 5.41) is 0. The Kier molecular flexibility index (Phi) is 10.8. The molecule has 1 saturated heterocycles. The van der Waals surface area contributed by atoms with Gasteiger partial charge in [0.05, 0.1) is 0 Å². The van der Waals surface area contributed by atoms with Crippen LogP contribution in [0.25, 0.3) is 0 Å². The predicted octanol–water partition coefficient (Wildman–Crippen LogP) is 1.93. The van der Waals surface area contributed by atoms with Crippen LogP contribution < -0.4 is 0 Å². The van der Waals surface area contributed by atoms with Gasteiger partial charge in [-0.15, -0.1) is 0 Å². The maximum Gasteiger partial charge on any atom is 0.762 e. The Morgan fingerprint density at radius 1 is 1.20 bits per heavy atom. The van der Waals surface area contributed by atoms with Crippen molar-refractivity contribution in [2.75, 3.05) is 26.8 Å². The van der Waals surface area contributed by atoms with Gasteiger partial charge in [0, 0.05) is 0 Å². The molecule has 0 spiro atoms. The molecule has 1 aliphatic heterocycles. The Hall–Kier alpha value is 0.721. The Morgan fingerprint density at radius 3 is 2.20 bits per heavy atom. The zero-order chi connectivity index (χ0) is 15.8. The van der Waals surface area contributed by atoms with Crippen LogP contribution in [-0.2, 0) is 4.74 Å². The minimum Gasteiger partial charge on any atom is -0.254 e.